The van der Waals surface area contributed by atoms with Gasteiger partial charge in [0.1, 0.15) is 0 Å². The molecule has 0 radical (unpaired) electrons. The lowest BCUT2D eigenvalue weighted by atomic mass is 10.0. The van der Waals surface area contributed by atoms with Gasteiger partial charge >= 0.3 is 11.9 Å². The van der Waals surface area contributed by atoms with E-state index in [2.05, 4.69) is 4.74 Å². The number of aliphatic carboxylic acids is 2. The highest BCUT2D eigenvalue weighted by molar-refractivity contribution is 5.98. The number of hydrogen-bond donors (Lipinski definition) is 2. The van der Waals surface area contributed by atoms with Crippen molar-refractivity contribution in [2.24, 2.45) is 0 Å². The maximum absolute atomic E-state index is 10.9. The molecule has 6 heteroatoms. The van der Waals surface area contributed by atoms with Crippen molar-refractivity contribution in [2.75, 3.05) is 27.4 Å². The Balaban J connectivity index is 4.84. The number of methoxy groups -OCH3 is 2. The smallest absolute Gasteiger partial charge is 0.334 e. The Bertz CT molecular complexity index is 281. The maximum Gasteiger partial charge on any atom is 0.334 e. The third kappa shape index (κ3) is 4.90. The monoisotopic (exact) mass is 232 g/mol. The summed E-state index contributed by atoms with van der Waals surface area (Å²) in [6, 6.07) is 0. The summed E-state index contributed by atoms with van der Waals surface area (Å²) in [5.74, 6) is -2.50. The molecule has 0 aromatic heterocycles. The van der Waals surface area contributed by atoms with Gasteiger partial charge in [-0.3, -0.25) is 0 Å². The lowest BCUT2D eigenvalue weighted by Gasteiger charge is -2.07. The molecule has 0 bridgehead atoms. The van der Waals surface area contributed by atoms with Crippen molar-refractivity contribution in [3.8, 4) is 0 Å². The van der Waals surface area contributed by atoms with Gasteiger partial charge in [0.05, 0.1) is 12.2 Å². The molecule has 0 spiro atoms. The molecule has 0 aromatic carbocycles. The molecule has 0 amide bonds. The fraction of sp³-hybridized carbons (Fsp3) is 0.600. The van der Waals surface area contributed by atoms with Crippen LogP contribution in [0.4, 0.5) is 0 Å². The molecule has 0 aromatic rings. The largest absolute Gasteiger partial charge is 0.478 e. The van der Waals surface area contributed by atoms with Crippen LogP contribution in [0, 0.1) is 0 Å². The van der Waals surface area contributed by atoms with Crippen LogP contribution in [0.3, 0.4) is 0 Å². The maximum atomic E-state index is 10.9. The van der Waals surface area contributed by atoms with Crippen LogP contribution in [0.25, 0.3) is 0 Å². The standard InChI is InChI=1S/C10H16O6/c1-15-5-3-4-7(9(11)12)8(6-16-2)10(13)14/h3-6H2,1-2H3,(H,11,12)(H,13,14). The first-order valence-electron chi connectivity index (χ1n) is 4.71. The second kappa shape index (κ2) is 7.84. The van der Waals surface area contributed by atoms with Crippen molar-refractivity contribution in [3.05, 3.63) is 11.1 Å². The second-order valence-electron chi connectivity index (χ2n) is 3.10. The van der Waals surface area contributed by atoms with Crippen LogP contribution in [0.1, 0.15) is 12.8 Å². The van der Waals surface area contributed by atoms with Crippen LogP contribution in [0.15, 0.2) is 11.1 Å². The topological polar surface area (TPSA) is 93.1 Å². The van der Waals surface area contributed by atoms with E-state index in [9.17, 15) is 9.59 Å². The van der Waals surface area contributed by atoms with Crippen molar-refractivity contribution < 1.29 is 29.3 Å². The van der Waals surface area contributed by atoms with Gasteiger partial charge < -0.3 is 19.7 Å². The van der Waals surface area contributed by atoms with Gasteiger partial charge in [-0.05, 0) is 12.8 Å². The first-order chi connectivity index (χ1) is 7.54. The molecule has 0 unspecified atom stereocenters. The molecule has 0 rings (SSSR count). The van der Waals surface area contributed by atoms with Crippen LogP contribution >= 0.6 is 0 Å². The van der Waals surface area contributed by atoms with Gasteiger partial charge in [0, 0.05) is 26.4 Å². The molecule has 0 aliphatic rings. The molecule has 16 heavy (non-hydrogen) atoms. The van der Waals surface area contributed by atoms with Gasteiger partial charge in [-0.15, -0.1) is 0 Å². The SMILES string of the molecule is COCCCC(C(=O)O)=C(COC)C(=O)O. The fourth-order valence-electron chi connectivity index (χ4n) is 1.20. The third-order valence-corrected chi connectivity index (χ3v) is 1.94. The summed E-state index contributed by atoms with van der Waals surface area (Å²) in [5.41, 5.74) is -0.350. The molecule has 0 atom stereocenters. The molecule has 6 nitrogen and oxygen atoms in total. The van der Waals surface area contributed by atoms with E-state index in [1.807, 2.05) is 0 Å². The molecular weight excluding hydrogens is 216 g/mol. The zero-order valence-corrected chi connectivity index (χ0v) is 9.36. The minimum Gasteiger partial charge on any atom is -0.478 e. The molecule has 0 aliphatic heterocycles. The summed E-state index contributed by atoms with van der Waals surface area (Å²) >= 11 is 0. The molecular formula is C10H16O6. The van der Waals surface area contributed by atoms with Gasteiger partial charge in [-0.25, -0.2) is 9.59 Å². The van der Waals surface area contributed by atoms with E-state index >= 15 is 0 Å². The molecule has 0 saturated heterocycles. The predicted molar refractivity (Wildman–Crippen MR) is 55.3 cm³/mol. The van der Waals surface area contributed by atoms with E-state index in [1.54, 1.807) is 0 Å². The predicted octanol–water partition coefficient (Wildman–Crippen LogP) is 0.525. The highest BCUT2D eigenvalue weighted by Crippen LogP contribution is 2.13. The zero-order chi connectivity index (χ0) is 12.6. The van der Waals surface area contributed by atoms with E-state index in [0.717, 1.165) is 0 Å². The van der Waals surface area contributed by atoms with Crippen LogP contribution in [0.5, 0.6) is 0 Å². The van der Waals surface area contributed by atoms with E-state index in [1.165, 1.54) is 14.2 Å². The Labute approximate surface area is 93.5 Å². The van der Waals surface area contributed by atoms with Gasteiger partial charge in [0.25, 0.3) is 0 Å². The zero-order valence-electron chi connectivity index (χ0n) is 9.36. The highest BCUT2D eigenvalue weighted by atomic mass is 16.5. The number of ether oxygens (including phenoxy) is 2. The number of rotatable bonds is 8. The van der Waals surface area contributed by atoms with E-state index < -0.39 is 11.9 Å². The minimum atomic E-state index is -1.27. The van der Waals surface area contributed by atoms with Crippen molar-refractivity contribution in [1.82, 2.24) is 0 Å². The molecule has 0 aliphatic carbocycles. The van der Waals surface area contributed by atoms with Crippen LogP contribution in [-0.4, -0.2) is 49.6 Å². The van der Waals surface area contributed by atoms with Crippen LogP contribution in [0.2, 0.25) is 0 Å². The minimum absolute atomic E-state index is 0.133. The van der Waals surface area contributed by atoms with Crippen molar-refractivity contribution in [2.45, 2.75) is 12.8 Å². The molecule has 0 saturated carbocycles. The highest BCUT2D eigenvalue weighted by Gasteiger charge is 2.19. The Morgan fingerprint density at radius 2 is 1.56 bits per heavy atom. The third-order valence-electron chi connectivity index (χ3n) is 1.94. The lowest BCUT2D eigenvalue weighted by molar-refractivity contribution is -0.136. The Kier molecular flexibility index (Phi) is 7.15. The fourth-order valence-corrected chi connectivity index (χ4v) is 1.20. The Hall–Kier alpha value is -1.40. The van der Waals surface area contributed by atoms with Crippen LogP contribution in [-0.2, 0) is 19.1 Å². The first-order valence-corrected chi connectivity index (χ1v) is 4.71. The summed E-state index contributed by atoms with van der Waals surface area (Å²) in [6.07, 6.45) is 0.604. The van der Waals surface area contributed by atoms with Crippen LogP contribution < -0.4 is 0 Å². The van der Waals surface area contributed by atoms with E-state index in [-0.39, 0.29) is 24.2 Å². The number of carboxylic acids is 2. The van der Waals surface area contributed by atoms with Crippen molar-refractivity contribution in [1.29, 1.82) is 0 Å². The molecule has 2 N–H and O–H groups in total. The average molecular weight is 232 g/mol. The second-order valence-corrected chi connectivity index (χ2v) is 3.10. The summed E-state index contributed by atoms with van der Waals surface area (Å²) in [6.45, 7) is 0.167. The molecule has 0 fully saturated rings. The number of carboxylic acid groups (broad SMARTS) is 2. The van der Waals surface area contributed by atoms with Crippen molar-refractivity contribution in [3.63, 3.8) is 0 Å². The van der Waals surface area contributed by atoms with E-state index in [0.29, 0.717) is 13.0 Å². The molecule has 0 heterocycles. The quantitative estimate of drug-likeness (QED) is 0.468. The Morgan fingerprint density at radius 1 is 1.00 bits per heavy atom. The average Bonchev–Trinajstić information content (AvgIpc) is 2.21. The summed E-state index contributed by atoms with van der Waals surface area (Å²) in [7, 11) is 2.81. The normalized spacial score (nSPS) is 12.1. The summed E-state index contributed by atoms with van der Waals surface area (Å²) in [5, 5.41) is 17.7. The van der Waals surface area contributed by atoms with Gasteiger partial charge in [0.15, 0.2) is 0 Å². The summed E-state index contributed by atoms with van der Waals surface area (Å²) < 4.78 is 9.45. The van der Waals surface area contributed by atoms with E-state index in [4.69, 9.17) is 14.9 Å². The summed E-state index contributed by atoms with van der Waals surface area (Å²) in [4.78, 5) is 21.7. The first kappa shape index (κ1) is 14.6. The van der Waals surface area contributed by atoms with Gasteiger partial charge in [-0.1, -0.05) is 0 Å². The number of carbonyl (C=O) groups is 2. The number of hydrogen-bond acceptors (Lipinski definition) is 4. The lowest BCUT2D eigenvalue weighted by Crippen LogP contribution is -2.15. The van der Waals surface area contributed by atoms with Gasteiger partial charge in [0.2, 0.25) is 0 Å². The Morgan fingerprint density at radius 3 is 1.94 bits per heavy atom. The van der Waals surface area contributed by atoms with Crippen molar-refractivity contribution >= 4 is 11.9 Å². The molecule has 92 valence electrons. The van der Waals surface area contributed by atoms with Gasteiger partial charge in [-0.2, -0.15) is 0 Å².